The van der Waals surface area contributed by atoms with E-state index in [0.717, 1.165) is 10.7 Å². The van der Waals surface area contributed by atoms with Crippen molar-refractivity contribution in [3.8, 4) is 5.75 Å². The fourth-order valence-corrected chi connectivity index (χ4v) is 2.51. The summed E-state index contributed by atoms with van der Waals surface area (Å²) in [6.45, 7) is 6.03. The van der Waals surface area contributed by atoms with Crippen LogP contribution in [0, 0.1) is 6.92 Å². The van der Waals surface area contributed by atoms with Crippen LogP contribution in [0.25, 0.3) is 0 Å². The van der Waals surface area contributed by atoms with Gasteiger partial charge in [0.2, 0.25) is 0 Å². The van der Waals surface area contributed by atoms with E-state index in [-0.39, 0.29) is 11.9 Å². The number of nitrogens with one attached hydrogen (secondary N) is 1. The maximum absolute atomic E-state index is 12.0. The van der Waals surface area contributed by atoms with Crippen LogP contribution in [-0.2, 0) is 6.61 Å². The Morgan fingerprint density at radius 2 is 2.30 bits per heavy atom. The van der Waals surface area contributed by atoms with Crippen molar-refractivity contribution >= 4 is 17.2 Å². The summed E-state index contributed by atoms with van der Waals surface area (Å²) in [7, 11) is 0. The Morgan fingerprint density at radius 3 is 2.95 bits per heavy atom. The Hall–Kier alpha value is -1.95. The molecule has 2 aromatic heterocycles. The number of nitrogens with zero attached hydrogens (tertiary/aromatic N) is 2. The van der Waals surface area contributed by atoms with Gasteiger partial charge in [-0.15, -0.1) is 11.3 Å². The number of hydrogen-bond donors (Lipinski definition) is 1. The summed E-state index contributed by atoms with van der Waals surface area (Å²) < 4.78 is 5.57. The third-order valence-electron chi connectivity index (χ3n) is 2.46. The molecule has 0 bridgehead atoms. The second-order valence-electron chi connectivity index (χ2n) is 4.63. The van der Waals surface area contributed by atoms with Crippen LogP contribution in [0.2, 0.25) is 0 Å². The zero-order chi connectivity index (χ0) is 14.5. The number of rotatable bonds is 5. The zero-order valence-corrected chi connectivity index (χ0v) is 12.5. The second kappa shape index (κ2) is 6.47. The van der Waals surface area contributed by atoms with Crippen LogP contribution < -0.4 is 10.1 Å². The summed E-state index contributed by atoms with van der Waals surface area (Å²) >= 11 is 1.36. The maximum atomic E-state index is 12.0. The van der Waals surface area contributed by atoms with E-state index in [2.05, 4.69) is 15.3 Å². The van der Waals surface area contributed by atoms with Gasteiger partial charge < -0.3 is 10.1 Å². The minimum atomic E-state index is -0.0809. The predicted molar refractivity (Wildman–Crippen MR) is 78.0 cm³/mol. The minimum Gasteiger partial charge on any atom is -0.485 e. The number of pyridine rings is 1. The van der Waals surface area contributed by atoms with Crippen molar-refractivity contribution in [1.29, 1.82) is 0 Å². The monoisotopic (exact) mass is 291 g/mol. The average molecular weight is 291 g/mol. The summed E-state index contributed by atoms with van der Waals surface area (Å²) in [6.07, 6.45) is 3.33. The van der Waals surface area contributed by atoms with Crippen molar-refractivity contribution in [3.63, 3.8) is 0 Å². The van der Waals surface area contributed by atoms with E-state index in [1.165, 1.54) is 11.3 Å². The van der Waals surface area contributed by atoms with Gasteiger partial charge in [0.15, 0.2) is 0 Å². The van der Waals surface area contributed by atoms with Gasteiger partial charge in [0, 0.05) is 12.2 Å². The average Bonchev–Trinajstić information content (AvgIpc) is 2.78. The van der Waals surface area contributed by atoms with E-state index in [1.54, 1.807) is 12.4 Å². The Morgan fingerprint density at radius 1 is 1.50 bits per heavy atom. The Labute approximate surface area is 122 Å². The first kappa shape index (κ1) is 14.5. The van der Waals surface area contributed by atoms with E-state index < -0.39 is 0 Å². The molecule has 1 N–H and O–H groups in total. The highest BCUT2D eigenvalue weighted by atomic mass is 32.1. The summed E-state index contributed by atoms with van der Waals surface area (Å²) in [6, 6.07) is 3.75. The van der Waals surface area contributed by atoms with Crippen LogP contribution in [0.5, 0.6) is 5.75 Å². The number of carbonyl (C=O) groups is 1. The molecule has 0 atom stereocenters. The molecule has 20 heavy (non-hydrogen) atoms. The van der Waals surface area contributed by atoms with Crippen molar-refractivity contribution < 1.29 is 9.53 Å². The Kier molecular flexibility index (Phi) is 4.68. The number of aromatic nitrogens is 2. The number of aryl methyl sites for hydroxylation is 1. The Bertz CT molecular complexity index is 581. The molecule has 6 heteroatoms. The topological polar surface area (TPSA) is 64.1 Å². The van der Waals surface area contributed by atoms with Gasteiger partial charge in [0.1, 0.15) is 22.2 Å². The number of ether oxygens (including phenoxy) is 1. The molecule has 0 aliphatic carbocycles. The first-order valence-electron chi connectivity index (χ1n) is 6.36. The summed E-state index contributed by atoms with van der Waals surface area (Å²) in [5.74, 6) is 0.608. The van der Waals surface area contributed by atoms with E-state index in [1.807, 2.05) is 32.9 Å². The molecule has 2 rings (SSSR count). The first-order chi connectivity index (χ1) is 9.56. The normalized spacial score (nSPS) is 10.6. The van der Waals surface area contributed by atoms with Crippen LogP contribution in [0.1, 0.15) is 34.2 Å². The predicted octanol–water partition coefficient (Wildman–Crippen LogP) is 2.56. The standard InChI is InChI=1S/C14H17N3O2S/c1-9(2)16-14(18)13-10(3)17-12(20-13)8-19-11-5-4-6-15-7-11/h4-7,9H,8H2,1-3H3,(H,16,18). The number of hydrogen-bond acceptors (Lipinski definition) is 5. The summed E-state index contributed by atoms with van der Waals surface area (Å²) in [5, 5.41) is 3.65. The second-order valence-corrected chi connectivity index (χ2v) is 5.71. The molecular weight excluding hydrogens is 274 g/mol. The van der Waals surface area contributed by atoms with Gasteiger partial charge in [-0.1, -0.05) is 0 Å². The van der Waals surface area contributed by atoms with Crippen molar-refractivity contribution in [2.24, 2.45) is 0 Å². The number of thiazole rings is 1. The fourth-order valence-electron chi connectivity index (χ4n) is 1.63. The molecule has 0 unspecified atom stereocenters. The van der Waals surface area contributed by atoms with E-state index in [0.29, 0.717) is 17.2 Å². The zero-order valence-electron chi connectivity index (χ0n) is 11.7. The molecular formula is C14H17N3O2S. The molecule has 5 nitrogen and oxygen atoms in total. The molecule has 0 radical (unpaired) electrons. The highest BCUT2D eigenvalue weighted by Gasteiger charge is 2.16. The smallest absolute Gasteiger partial charge is 0.263 e. The highest BCUT2D eigenvalue weighted by molar-refractivity contribution is 7.13. The van der Waals surface area contributed by atoms with Crippen molar-refractivity contribution in [1.82, 2.24) is 15.3 Å². The van der Waals surface area contributed by atoms with Crippen molar-refractivity contribution in [2.75, 3.05) is 0 Å². The lowest BCUT2D eigenvalue weighted by Gasteiger charge is -2.06. The lowest BCUT2D eigenvalue weighted by atomic mass is 10.3. The summed E-state index contributed by atoms with van der Waals surface area (Å²) in [5.41, 5.74) is 0.734. The lowest BCUT2D eigenvalue weighted by Crippen LogP contribution is -2.29. The largest absolute Gasteiger partial charge is 0.485 e. The molecule has 2 heterocycles. The van der Waals surface area contributed by atoms with Gasteiger partial charge in [-0.25, -0.2) is 4.98 Å². The third-order valence-corrected chi connectivity index (χ3v) is 3.59. The molecule has 0 aliphatic rings. The molecule has 106 valence electrons. The Balaban J connectivity index is 2.02. The van der Waals surface area contributed by atoms with Gasteiger partial charge in [-0.3, -0.25) is 9.78 Å². The van der Waals surface area contributed by atoms with Crippen LogP contribution >= 0.6 is 11.3 Å². The van der Waals surface area contributed by atoms with Crippen LogP contribution in [-0.4, -0.2) is 21.9 Å². The van der Waals surface area contributed by atoms with E-state index in [9.17, 15) is 4.79 Å². The molecule has 0 aliphatic heterocycles. The van der Waals surface area contributed by atoms with Gasteiger partial charge in [-0.2, -0.15) is 0 Å². The number of carbonyl (C=O) groups excluding carboxylic acids is 1. The minimum absolute atomic E-state index is 0.0809. The molecule has 0 aromatic carbocycles. The lowest BCUT2D eigenvalue weighted by molar-refractivity contribution is 0.0946. The molecule has 2 aromatic rings. The van der Waals surface area contributed by atoms with Gasteiger partial charge >= 0.3 is 0 Å². The van der Waals surface area contributed by atoms with Crippen LogP contribution in [0.3, 0.4) is 0 Å². The van der Waals surface area contributed by atoms with E-state index in [4.69, 9.17) is 4.74 Å². The van der Waals surface area contributed by atoms with Crippen molar-refractivity contribution in [3.05, 3.63) is 40.1 Å². The SMILES string of the molecule is Cc1nc(COc2cccnc2)sc1C(=O)NC(C)C. The van der Waals surface area contributed by atoms with Gasteiger partial charge in [0.05, 0.1) is 11.9 Å². The molecule has 0 saturated carbocycles. The quantitative estimate of drug-likeness (QED) is 0.919. The molecule has 1 amide bonds. The van der Waals surface area contributed by atoms with Crippen LogP contribution in [0.15, 0.2) is 24.5 Å². The third kappa shape index (κ3) is 3.77. The van der Waals surface area contributed by atoms with E-state index >= 15 is 0 Å². The van der Waals surface area contributed by atoms with Gasteiger partial charge in [-0.05, 0) is 32.9 Å². The molecule has 0 saturated heterocycles. The number of amides is 1. The summed E-state index contributed by atoms with van der Waals surface area (Å²) in [4.78, 5) is 21.0. The van der Waals surface area contributed by atoms with Crippen molar-refractivity contribution in [2.45, 2.75) is 33.4 Å². The first-order valence-corrected chi connectivity index (χ1v) is 7.18. The van der Waals surface area contributed by atoms with Crippen LogP contribution in [0.4, 0.5) is 0 Å². The van der Waals surface area contributed by atoms with Gasteiger partial charge in [0.25, 0.3) is 5.91 Å². The molecule has 0 spiro atoms. The highest BCUT2D eigenvalue weighted by Crippen LogP contribution is 2.20. The fraction of sp³-hybridized carbons (Fsp3) is 0.357. The molecule has 0 fully saturated rings. The maximum Gasteiger partial charge on any atom is 0.263 e.